The number of nitrogens with zero attached hydrogens (tertiary/aromatic N) is 1. The summed E-state index contributed by atoms with van der Waals surface area (Å²) in [7, 11) is -1.35. The van der Waals surface area contributed by atoms with Crippen LogP contribution in [0.2, 0.25) is 0 Å². The Labute approximate surface area is 105 Å². The predicted molar refractivity (Wildman–Crippen MR) is 65.0 cm³/mol. The molecule has 96 valence electrons. The number of sulfonamides is 1. The largest absolute Gasteiger partial charge is 0.262 e. The molecule has 0 radical (unpaired) electrons. The summed E-state index contributed by atoms with van der Waals surface area (Å²) in [4.78, 5) is -0.707. The maximum absolute atomic E-state index is 12.0. The minimum atomic E-state index is -4.09. The average molecular weight is 298 g/mol. The summed E-state index contributed by atoms with van der Waals surface area (Å²) in [6, 6.07) is 5.25. The van der Waals surface area contributed by atoms with E-state index in [1.165, 1.54) is 31.3 Å². The Balaban J connectivity index is 3.54. The third kappa shape index (κ3) is 2.98. The van der Waals surface area contributed by atoms with Gasteiger partial charge in [-0.25, -0.2) is 21.1 Å². The smallest absolute Gasteiger partial charge is 0.207 e. The van der Waals surface area contributed by atoms with E-state index in [4.69, 9.17) is 10.7 Å². The molecule has 0 fully saturated rings. The highest BCUT2D eigenvalue weighted by atomic mass is 35.7. The SMILES string of the molecule is CCN(C)S(=O)(=O)c1ccccc1S(=O)(=O)Cl. The second-order valence-corrected chi connectivity index (χ2v) is 7.85. The Kier molecular flexibility index (Phi) is 4.19. The Hall–Kier alpha value is -0.630. The molecule has 1 rings (SSSR count). The van der Waals surface area contributed by atoms with Crippen molar-refractivity contribution in [3.8, 4) is 0 Å². The quantitative estimate of drug-likeness (QED) is 0.784. The topological polar surface area (TPSA) is 71.5 Å². The van der Waals surface area contributed by atoms with Gasteiger partial charge in [-0.05, 0) is 12.1 Å². The Bertz CT molecular complexity index is 610. The molecule has 0 saturated heterocycles. The van der Waals surface area contributed by atoms with Gasteiger partial charge in [0.2, 0.25) is 10.0 Å². The van der Waals surface area contributed by atoms with Gasteiger partial charge in [0.25, 0.3) is 9.05 Å². The van der Waals surface area contributed by atoms with Crippen molar-refractivity contribution in [3.63, 3.8) is 0 Å². The Morgan fingerprint density at radius 2 is 1.59 bits per heavy atom. The van der Waals surface area contributed by atoms with Gasteiger partial charge >= 0.3 is 0 Å². The normalized spacial score (nSPS) is 12.9. The lowest BCUT2D eigenvalue weighted by molar-refractivity contribution is 0.484. The van der Waals surface area contributed by atoms with Crippen molar-refractivity contribution in [3.05, 3.63) is 24.3 Å². The molecule has 0 saturated carbocycles. The summed E-state index contributed by atoms with van der Waals surface area (Å²) in [5, 5.41) is 0. The van der Waals surface area contributed by atoms with Crippen molar-refractivity contribution in [2.24, 2.45) is 0 Å². The molecule has 0 N–H and O–H groups in total. The van der Waals surface area contributed by atoms with Gasteiger partial charge in [0.15, 0.2) is 0 Å². The lowest BCUT2D eigenvalue weighted by Crippen LogP contribution is -2.27. The van der Waals surface area contributed by atoms with E-state index in [0.29, 0.717) is 0 Å². The van der Waals surface area contributed by atoms with Crippen LogP contribution in [0.4, 0.5) is 0 Å². The summed E-state index contributed by atoms with van der Waals surface area (Å²) >= 11 is 0. The van der Waals surface area contributed by atoms with Crippen LogP contribution < -0.4 is 0 Å². The molecule has 0 amide bonds. The highest BCUT2D eigenvalue weighted by molar-refractivity contribution is 8.14. The average Bonchev–Trinajstić information content (AvgIpc) is 2.26. The molecule has 0 aliphatic heterocycles. The number of hydrogen-bond donors (Lipinski definition) is 0. The first-order chi connectivity index (χ1) is 7.71. The highest BCUT2D eigenvalue weighted by Crippen LogP contribution is 2.25. The molecule has 0 unspecified atom stereocenters. The molecule has 8 heteroatoms. The molecular formula is C9H12ClNO4S2. The monoisotopic (exact) mass is 297 g/mol. The van der Waals surface area contributed by atoms with Gasteiger partial charge in [-0.2, -0.15) is 0 Å². The van der Waals surface area contributed by atoms with Crippen molar-refractivity contribution in [1.82, 2.24) is 4.31 Å². The minimum absolute atomic E-state index is 0.235. The molecule has 0 aliphatic rings. The van der Waals surface area contributed by atoms with E-state index in [9.17, 15) is 16.8 Å². The second kappa shape index (κ2) is 4.93. The Morgan fingerprint density at radius 1 is 1.12 bits per heavy atom. The maximum Gasteiger partial charge on any atom is 0.262 e. The van der Waals surface area contributed by atoms with Gasteiger partial charge in [-0.3, -0.25) is 0 Å². The lowest BCUT2D eigenvalue weighted by atomic mass is 10.4. The van der Waals surface area contributed by atoms with Crippen LogP contribution in [0.3, 0.4) is 0 Å². The first kappa shape index (κ1) is 14.4. The van der Waals surface area contributed by atoms with Gasteiger partial charge in [-0.1, -0.05) is 19.1 Å². The molecule has 1 aromatic carbocycles. The summed E-state index contributed by atoms with van der Waals surface area (Å²) in [6.07, 6.45) is 0. The number of hydrogen-bond acceptors (Lipinski definition) is 4. The molecule has 0 atom stereocenters. The fourth-order valence-corrected chi connectivity index (χ4v) is 4.19. The molecule has 0 bridgehead atoms. The number of rotatable bonds is 4. The summed E-state index contributed by atoms with van der Waals surface area (Å²) in [6.45, 7) is 1.88. The van der Waals surface area contributed by atoms with Crippen molar-refractivity contribution in [2.45, 2.75) is 16.7 Å². The van der Waals surface area contributed by atoms with Crippen LogP contribution in [-0.4, -0.2) is 34.7 Å². The molecule has 5 nitrogen and oxygen atoms in total. The fourth-order valence-electron chi connectivity index (χ4n) is 1.20. The van der Waals surface area contributed by atoms with Gasteiger partial charge in [0, 0.05) is 24.3 Å². The van der Waals surface area contributed by atoms with Crippen LogP contribution >= 0.6 is 10.7 Å². The standard InChI is InChI=1S/C9H12ClNO4S2/c1-3-11(2)17(14,15)9-7-5-4-6-8(9)16(10,12)13/h4-7H,3H2,1-2H3. The molecule has 0 aliphatic carbocycles. The van der Waals surface area contributed by atoms with Crippen molar-refractivity contribution in [1.29, 1.82) is 0 Å². The van der Waals surface area contributed by atoms with E-state index >= 15 is 0 Å². The maximum atomic E-state index is 12.0. The van der Waals surface area contributed by atoms with E-state index < -0.39 is 24.0 Å². The van der Waals surface area contributed by atoms with Crippen molar-refractivity contribution in [2.75, 3.05) is 13.6 Å². The molecule has 0 aromatic heterocycles. The van der Waals surface area contributed by atoms with Crippen LogP contribution in [0.5, 0.6) is 0 Å². The van der Waals surface area contributed by atoms with Crippen LogP contribution in [0.25, 0.3) is 0 Å². The molecule has 0 heterocycles. The molecule has 1 aromatic rings. The summed E-state index contributed by atoms with van der Waals surface area (Å²) in [5.74, 6) is 0. The third-order valence-corrected chi connectivity index (χ3v) is 5.75. The van der Waals surface area contributed by atoms with Crippen LogP contribution in [-0.2, 0) is 19.1 Å². The fraction of sp³-hybridized carbons (Fsp3) is 0.333. The number of benzene rings is 1. The van der Waals surface area contributed by atoms with Gasteiger partial charge in [-0.15, -0.1) is 0 Å². The van der Waals surface area contributed by atoms with Crippen molar-refractivity contribution >= 4 is 29.8 Å². The third-order valence-electron chi connectivity index (χ3n) is 2.25. The van der Waals surface area contributed by atoms with E-state index in [0.717, 1.165) is 4.31 Å². The Morgan fingerprint density at radius 3 is 2.00 bits per heavy atom. The van der Waals surface area contributed by atoms with Crippen LogP contribution in [0, 0.1) is 0 Å². The molecule has 0 spiro atoms. The second-order valence-electron chi connectivity index (χ2n) is 3.30. The van der Waals surface area contributed by atoms with E-state index in [1.807, 2.05) is 0 Å². The summed E-state index contributed by atoms with van der Waals surface area (Å²) in [5.41, 5.74) is 0. The van der Waals surface area contributed by atoms with E-state index in [1.54, 1.807) is 6.92 Å². The van der Waals surface area contributed by atoms with Gasteiger partial charge in [0.1, 0.15) is 9.79 Å². The zero-order chi connectivity index (χ0) is 13.3. The molecular weight excluding hydrogens is 286 g/mol. The van der Waals surface area contributed by atoms with Gasteiger partial charge < -0.3 is 0 Å². The van der Waals surface area contributed by atoms with Gasteiger partial charge in [0.05, 0.1) is 0 Å². The first-order valence-electron chi connectivity index (χ1n) is 4.71. The zero-order valence-electron chi connectivity index (χ0n) is 9.29. The zero-order valence-corrected chi connectivity index (χ0v) is 11.7. The van der Waals surface area contributed by atoms with E-state index in [2.05, 4.69) is 0 Å². The summed E-state index contributed by atoms with van der Waals surface area (Å²) < 4.78 is 47.7. The predicted octanol–water partition coefficient (Wildman–Crippen LogP) is 1.25. The lowest BCUT2D eigenvalue weighted by Gasteiger charge is -2.16. The highest BCUT2D eigenvalue weighted by Gasteiger charge is 2.27. The van der Waals surface area contributed by atoms with Crippen LogP contribution in [0.1, 0.15) is 6.92 Å². The minimum Gasteiger partial charge on any atom is -0.207 e. The van der Waals surface area contributed by atoms with E-state index in [-0.39, 0.29) is 11.4 Å². The number of halogens is 1. The first-order valence-corrected chi connectivity index (χ1v) is 8.46. The molecule has 17 heavy (non-hydrogen) atoms. The van der Waals surface area contributed by atoms with Crippen LogP contribution in [0.15, 0.2) is 34.1 Å². The van der Waals surface area contributed by atoms with Crippen molar-refractivity contribution < 1.29 is 16.8 Å².